The number of rotatable bonds is 3. The van der Waals surface area contributed by atoms with E-state index in [0.29, 0.717) is 0 Å². The van der Waals surface area contributed by atoms with Crippen molar-refractivity contribution in [1.29, 1.82) is 0 Å². The molecule has 0 rings (SSSR count). The Hall–Kier alpha value is 0.487. The Bertz CT molecular complexity index is 56.8. The molecule has 0 radical (unpaired) electrons. The summed E-state index contributed by atoms with van der Waals surface area (Å²) >= 11 is 4.15. The van der Waals surface area contributed by atoms with Gasteiger partial charge in [-0.3, -0.25) is 0 Å². The molecule has 0 unspecified atom stereocenters. The molecule has 0 fully saturated rings. The summed E-state index contributed by atoms with van der Waals surface area (Å²) in [5, 5.41) is 0. The SMILES string of the molecule is COC(C)(OC)[SiH2]S. The zero-order chi connectivity index (χ0) is 6.62. The van der Waals surface area contributed by atoms with E-state index in [1.54, 1.807) is 14.2 Å². The van der Waals surface area contributed by atoms with Crippen molar-refractivity contribution in [3.63, 3.8) is 0 Å². The summed E-state index contributed by atoms with van der Waals surface area (Å²) in [6.07, 6.45) is 0. The van der Waals surface area contributed by atoms with E-state index >= 15 is 0 Å². The van der Waals surface area contributed by atoms with Crippen LogP contribution in [0.1, 0.15) is 6.92 Å². The fraction of sp³-hybridized carbons (Fsp3) is 1.00. The molecule has 2 nitrogen and oxygen atoms in total. The molecule has 0 aliphatic carbocycles. The van der Waals surface area contributed by atoms with E-state index < -0.39 is 8.67 Å². The van der Waals surface area contributed by atoms with E-state index in [0.717, 1.165) is 0 Å². The number of hydrogen-bond acceptors (Lipinski definition) is 3. The van der Waals surface area contributed by atoms with Crippen molar-refractivity contribution in [3.8, 4) is 0 Å². The Balaban J connectivity index is 3.58. The molecule has 0 aromatic rings. The number of thiol groups is 1. The number of hydrogen-bond donors (Lipinski definition) is 1. The lowest BCUT2D eigenvalue weighted by atomic mass is 10.7. The van der Waals surface area contributed by atoms with Gasteiger partial charge in [0.2, 0.25) is 0 Å². The Morgan fingerprint density at radius 1 is 1.38 bits per heavy atom. The third-order valence-corrected chi connectivity index (χ3v) is 4.03. The molecular formula is C4H12O2SSi. The predicted octanol–water partition coefficient (Wildman–Crippen LogP) is -0.0335. The first-order chi connectivity index (χ1) is 3.68. The highest BCUT2D eigenvalue weighted by atomic mass is 32.3. The van der Waals surface area contributed by atoms with Gasteiger partial charge in [-0.15, -0.1) is 0 Å². The molecular weight excluding hydrogens is 140 g/mol. The van der Waals surface area contributed by atoms with Gasteiger partial charge >= 0.3 is 0 Å². The van der Waals surface area contributed by atoms with Crippen molar-refractivity contribution >= 4 is 20.7 Å². The predicted molar refractivity (Wildman–Crippen MR) is 40.0 cm³/mol. The molecule has 0 aromatic heterocycles. The minimum absolute atomic E-state index is 0.372. The van der Waals surface area contributed by atoms with E-state index in [1.807, 2.05) is 6.92 Å². The minimum Gasteiger partial charge on any atom is -0.357 e. The molecule has 0 saturated heterocycles. The van der Waals surface area contributed by atoms with Crippen molar-refractivity contribution in [2.75, 3.05) is 14.2 Å². The van der Waals surface area contributed by atoms with Crippen LogP contribution in [-0.2, 0) is 9.47 Å². The maximum absolute atomic E-state index is 5.00. The van der Waals surface area contributed by atoms with Gasteiger partial charge in [-0.05, 0) is 6.92 Å². The monoisotopic (exact) mass is 152 g/mol. The van der Waals surface area contributed by atoms with Gasteiger partial charge in [0.25, 0.3) is 0 Å². The summed E-state index contributed by atoms with van der Waals surface area (Å²) in [6, 6.07) is 0. The Labute approximate surface area is 57.4 Å². The third-order valence-electron chi connectivity index (χ3n) is 1.15. The largest absolute Gasteiger partial charge is 0.357 e. The first-order valence-corrected chi connectivity index (χ1v) is 5.63. The molecule has 0 heterocycles. The third kappa shape index (κ3) is 2.17. The second-order valence-corrected chi connectivity index (χ2v) is 4.25. The lowest BCUT2D eigenvalue weighted by Gasteiger charge is -2.23. The van der Waals surface area contributed by atoms with Crippen LogP contribution in [0, 0.1) is 0 Å². The molecule has 0 aromatic carbocycles. The van der Waals surface area contributed by atoms with Crippen molar-refractivity contribution in [2.45, 2.75) is 12.3 Å². The van der Waals surface area contributed by atoms with Crippen molar-refractivity contribution in [2.24, 2.45) is 0 Å². The smallest absolute Gasteiger partial charge is 0.152 e. The average molecular weight is 152 g/mol. The maximum Gasteiger partial charge on any atom is 0.152 e. The topological polar surface area (TPSA) is 18.5 Å². The van der Waals surface area contributed by atoms with Gasteiger partial charge in [0.05, 0.1) is 0 Å². The molecule has 0 aliphatic rings. The van der Waals surface area contributed by atoms with Gasteiger partial charge in [-0.1, -0.05) is 0 Å². The van der Waals surface area contributed by atoms with Gasteiger partial charge in [0.1, 0.15) is 0 Å². The first-order valence-electron chi connectivity index (χ1n) is 2.39. The van der Waals surface area contributed by atoms with E-state index in [1.165, 1.54) is 0 Å². The highest BCUT2D eigenvalue weighted by Crippen LogP contribution is 2.07. The van der Waals surface area contributed by atoms with E-state index in [4.69, 9.17) is 9.47 Å². The highest BCUT2D eigenvalue weighted by molar-refractivity contribution is 8.07. The molecule has 0 N–H and O–H groups in total. The quantitative estimate of drug-likeness (QED) is 0.348. The van der Waals surface area contributed by atoms with Gasteiger partial charge in [0.15, 0.2) is 14.1 Å². The molecule has 8 heavy (non-hydrogen) atoms. The highest BCUT2D eigenvalue weighted by Gasteiger charge is 2.19. The zero-order valence-electron chi connectivity index (χ0n) is 5.47. The summed E-state index contributed by atoms with van der Waals surface area (Å²) in [6.45, 7) is 1.90. The van der Waals surface area contributed by atoms with Gasteiger partial charge in [-0.2, -0.15) is 0 Å². The van der Waals surface area contributed by atoms with Crippen LogP contribution in [-0.4, -0.2) is 28.3 Å². The van der Waals surface area contributed by atoms with E-state index in [-0.39, 0.29) is 5.41 Å². The summed E-state index contributed by atoms with van der Waals surface area (Å²) in [5.74, 6) is 0. The summed E-state index contributed by atoms with van der Waals surface area (Å²) < 4.78 is 10.00. The molecule has 0 amide bonds. The van der Waals surface area contributed by atoms with Crippen LogP contribution in [0.25, 0.3) is 0 Å². The van der Waals surface area contributed by atoms with Crippen molar-refractivity contribution < 1.29 is 9.47 Å². The van der Waals surface area contributed by atoms with Gasteiger partial charge in [-0.25, -0.2) is 12.1 Å². The van der Waals surface area contributed by atoms with E-state index in [9.17, 15) is 0 Å². The molecule has 0 aliphatic heterocycles. The maximum atomic E-state index is 5.00. The van der Waals surface area contributed by atoms with Crippen LogP contribution < -0.4 is 0 Å². The average Bonchev–Trinajstić information content (AvgIpc) is 1.87. The van der Waals surface area contributed by atoms with Crippen LogP contribution in [0.15, 0.2) is 0 Å². The zero-order valence-corrected chi connectivity index (χ0v) is 7.78. The van der Waals surface area contributed by atoms with Crippen LogP contribution in [0.3, 0.4) is 0 Å². The molecule has 0 saturated carbocycles. The lowest BCUT2D eigenvalue weighted by molar-refractivity contribution is -0.128. The van der Waals surface area contributed by atoms with Gasteiger partial charge in [0, 0.05) is 14.2 Å². The Morgan fingerprint density at radius 3 is 1.75 bits per heavy atom. The van der Waals surface area contributed by atoms with Crippen LogP contribution in [0.2, 0.25) is 0 Å². The normalized spacial score (nSPS) is 13.5. The minimum atomic E-state index is -0.519. The fourth-order valence-electron chi connectivity index (χ4n) is 0.212. The standard InChI is InChI=1S/C4H12O2SSi/c1-4(5-2,6-3)8-7/h7H,8H2,1-3H3. The van der Waals surface area contributed by atoms with Crippen LogP contribution in [0.4, 0.5) is 0 Å². The van der Waals surface area contributed by atoms with Crippen molar-refractivity contribution in [3.05, 3.63) is 0 Å². The second-order valence-electron chi connectivity index (χ2n) is 1.70. The van der Waals surface area contributed by atoms with E-state index in [2.05, 4.69) is 12.1 Å². The Kier molecular flexibility index (Phi) is 3.71. The first kappa shape index (κ1) is 8.49. The van der Waals surface area contributed by atoms with Crippen LogP contribution in [0.5, 0.6) is 0 Å². The summed E-state index contributed by atoms with van der Waals surface area (Å²) in [4.78, 5) is 0. The molecule has 0 atom stereocenters. The molecule has 0 bridgehead atoms. The van der Waals surface area contributed by atoms with Gasteiger partial charge < -0.3 is 9.47 Å². The summed E-state index contributed by atoms with van der Waals surface area (Å²) in [7, 11) is 2.74. The summed E-state index contributed by atoms with van der Waals surface area (Å²) in [5.41, 5.74) is -0.372. The van der Waals surface area contributed by atoms with Crippen LogP contribution >= 0.6 is 12.1 Å². The number of methoxy groups -OCH3 is 2. The molecule has 0 spiro atoms. The fourth-order valence-corrected chi connectivity index (χ4v) is 1.25. The molecule has 50 valence electrons. The van der Waals surface area contributed by atoms with Crippen molar-refractivity contribution in [1.82, 2.24) is 0 Å². The Morgan fingerprint density at radius 2 is 1.75 bits per heavy atom. The number of ether oxygens (including phenoxy) is 2. The lowest BCUT2D eigenvalue weighted by Crippen LogP contribution is -2.34. The molecule has 4 heteroatoms. The second kappa shape index (κ2) is 3.50.